The standard InChI is InChI=1S/C16H12Cl2N2O6/c17-10-4-3-9(6-11(10)18)15(23)19-7-14(22)26-8-13(21)20-16(24)12-2-1-5-25-12/h1-6H,7-8H2,(H,19,23)(H,20,21,24). The number of furan rings is 1. The number of esters is 1. The maximum atomic E-state index is 11.9. The third-order valence-corrected chi connectivity index (χ3v) is 3.68. The first kappa shape index (κ1) is 19.5. The van der Waals surface area contributed by atoms with Gasteiger partial charge in [0, 0.05) is 5.56 Å². The molecule has 0 atom stereocenters. The molecule has 0 aliphatic rings. The molecule has 10 heteroatoms. The normalized spacial score (nSPS) is 10.1. The number of hydrogen-bond donors (Lipinski definition) is 2. The second-order valence-electron chi connectivity index (χ2n) is 4.83. The molecular formula is C16H12Cl2N2O6. The van der Waals surface area contributed by atoms with Gasteiger partial charge in [-0.15, -0.1) is 0 Å². The average molecular weight is 399 g/mol. The summed E-state index contributed by atoms with van der Waals surface area (Å²) in [5.74, 6) is -3.09. The lowest BCUT2D eigenvalue weighted by molar-refractivity contribution is -0.147. The zero-order valence-electron chi connectivity index (χ0n) is 13.1. The van der Waals surface area contributed by atoms with Crippen LogP contribution in [0.15, 0.2) is 41.0 Å². The fourth-order valence-electron chi connectivity index (χ4n) is 1.72. The van der Waals surface area contributed by atoms with Crippen molar-refractivity contribution in [3.05, 3.63) is 58.0 Å². The van der Waals surface area contributed by atoms with Gasteiger partial charge in [0.1, 0.15) is 6.54 Å². The Hall–Kier alpha value is -2.84. The highest BCUT2D eigenvalue weighted by Crippen LogP contribution is 2.22. The van der Waals surface area contributed by atoms with Crippen LogP contribution in [0.3, 0.4) is 0 Å². The molecule has 8 nitrogen and oxygen atoms in total. The first-order chi connectivity index (χ1) is 12.4. The zero-order valence-corrected chi connectivity index (χ0v) is 14.6. The van der Waals surface area contributed by atoms with Crippen molar-refractivity contribution in [1.29, 1.82) is 0 Å². The van der Waals surface area contributed by atoms with Gasteiger partial charge in [0.15, 0.2) is 12.4 Å². The Balaban J connectivity index is 1.72. The molecule has 0 saturated carbocycles. The van der Waals surface area contributed by atoms with Crippen LogP contribution in [0.4, 0.5) is 0 Å². The number of carbonyl (C=O) groups excluding carboxylic acids is 4. The molecule has 26 heavy (non-hydrogen) atoms. The van der Waals surface area contributed by atoms with E-state index in [1.165, 1.54) is 36.6 Å². The lowest BCUT2D eigenvalue weighted by atomic mass is 10.2. The third kappa shape index (κ3) is 5.61. The minimum absolute atomic E-state index is 0.0569. The van der Waals surface area contributed by atoms with Crippen molar-refractivity contribution in [2.75, 3.05) is 13.2 Å². The van der Waals surface area contributed by atoms with Gasteiger partial charge in [-0.1, -0.05) is 23.2 Å². The van der Waals surface area contributed by atoms with E-state index in [9.17, 15) is 19.2 Å². The first-order valence-electron chi connectivity index (χ1n) is 7.13. The number of amides is 3. The van der Waals surface area contributed by atoms with E-state index >= 15 is 0 Å². The van der Waals surface area contributed by atoms with Crippen molar-refractivity contribution in [2.45, 2.75) is 0 Å². The van der Waals surface area contributed by atoms with Crippen molar-refractivity contribution in [3.8, 4) is 0 Å². The summed E-state index contributed by atoms with van der Waals surface area (Å²) in [6.07, 6.45) is 1.27. The van der Waals surface area contributed by atoms with Crippen LogP contribution in [0, 0.1) is 0 Å². The van der Waals surface area contributed by atoms with Gasteiger partial charge in [0.25, 0.3) is 17.7 Å². The number of hydrogen-bond acceptors (Lipinski definition) is 6. The molecule has 0 fully saturated rings. The Morgan fingerprint density at radius 3 is 2.46 bits per heavy atom. The molecule has 0 aliphatic carbocycles. The molecule has 1 aromatic carbocycles. The molecule has 0 unspecified atom stereocenters. The predicted octanol–water partition coefficient (Wildman–Crippen LogP) is 1.82. The summed E-state index contributed by atoms with van der Waals surface area (Å²) in [5.41, 5.74) is 0.203. The molecule has 2 rings (SSSR count). The van der Waals surface area contributed by atoms with Crippen LogP contribution in [0.1, 0.15) is 20.9 Å². The molecule has 0 bridgehead atoms. The van der Waals surface area contributed by atoms with Crippen LogP contribution in [-0.2, 0) is 14.3 Å². The number of nitrogens with one attached hydrogen (secondary N) is 2. The van der Waals surface area contributed by atoms with E-state index in [0.29, 0.717) is 0 Å². The van der Waals surface area contributed by atoms with E-state index < -0.39 is 36.8 Å². The average Bonchev–Trinajstić information content (AvgIpc) is 3.15. The van der Waals surface area contributed by atoms with E-state index in [2.05, 4.69) is 10.1 Å². The van der Waals surface area contributed by atoms with Gasteiger partial charge in [0.2, 0.25) is 0 Å². The Bertz CT molecular complexity index is 835. The quantitative estimate of drug-likeness (QED) is 0.717. The zero-order chi connectivity index (χ0) is 19.1. The van der Waals surface area contributed by atoms with E-state index in [-0.39, 0.29) is 21.4 Å². The fraction of sp³-hybridized carbons (Fsp3) is 0.125. The smallest absolute Gasteiger partial charge is 0.325 e. The summed E-state index contributed by atoms with van der Waals surface area (Å²) in [6, 6.07) is 7.07. The molecular weight excluding hydrogens is 387 g/mol. The van der Waals surface area contributed by atoms with Crippen LogP contribution in [-0.4, -0.2) is 36.8 Å². The number of carbonyl (C=O) groups is 4. The van der Waals surface area contributed by atoms with Gasteiger partial charge in [-0.05, 0) is 30.3 Å². The summed E-state index contributed by atoms with van der Waals surface area (Å²) >= 11 is 11.5. The van der Waals surface area contributed by atoms with Crippen LogP contribution in [0.2, 0.25) is 10.0 Å². The summed E-state index contributed by atoms with van der Waals surface area (Å²) in [7, 11) is 0. The maximum absolute atomic E-state index is 11.9. The fourth-order valence-corrected chi connectivity index (χ4v) is 2.02. The molecule has 136 valence electrons. The molecule has 1 aromatic heterocycles. The van der Waals surface area contributed by atoms with Crippen molar-refractivity contribution in [2.24, 2.45) is 0 Å². The van der Waals surface area contributed by atoms with Gasteiger partial charge in [-0.2, -0.15) is 0 Å². The SMILES string of the molecule is O=C(COC(=O)CNC(=O)c1ccc(Cl)c(Cl)c1)NC(=O)c1ccco1. The van der Waals surface area contributed by atoms with Crippen LogP contribution in [0.25, 0.3) is 0 Å². The second-order valence-corrected chi connectivity index (χ2v) is 5.64. The Morgan fingerprint density at radius 1 is 1.04 bits per heavy atom. The van der Waals surface area contributed by atoms with E-state index in [1.54, 1.807) is 0 Å². The van der Waals surface area contributed by atoms with Gasteiger partial charge >= 0.3 is 5.97 Å². The van der Waals surface area contributed by atoms with Crippen molar-refractivity contribution in [3.63, 3.8) is 0 Å². The molecule has 0 aliphatic heterocycles. The summed E-state index contributed by atoms with van der Waals surface area (Å²) < 4.78 is 9.46. The van der Waals surface area contributed by atoms with E-state index in [0.717, 1.165) is 0 Å². The van der Waals surface area contributed by atoms with Gasteiger partial charge in [-0.25, -0.2) is 0 Å². The highest BCUT2D eigenvalue weighted by Gasteiger charge is 2.15. The van der Waals surface area contributed by atoms with Crippen LogP contribution >= 0.6 is 23.2 Å². The Morgan fingerprint density at radius 2 is 1.81 bits per heavy atom. The number of ether oxygens (including phenoxy) is 1. The number of benzene rings is 1. The number of imide groups is 1. The van der Waals surface area contributed by atoms with Gasteiger partial charge in [0.05, 0.1) is 16.3 Å². The molecule has 0 spiro atoms. The third-order valence-electron chi connectivity index (χ3n) is 2.94. The number of halogens is 2. The minimum Gasteiger partial charge on any atom is -0.459 e. The highest BCUT2D eigenvalue weighted by molar-refractivity contribution is 6.42. The summed E-state index contributed by atoms with van der Waals surface area (Å²) in [5, 5.41) is 4.76. The maximum Gasteiger partial charge on any atom is 0.325 e. The molecule has 2 aromatic rings. The Labute approximate surface area is 157 Å². The van der Waals surface area contributed by atoms with E-state index in [4.69, 9.17) is 27.6 Å². The molecule has 2 N–H and O–H groups in total. The van der Waals surface area contributed by atoms with Crippen molar-refractivity contribution in [1.82, 2.24) is 10.6 Å². The minimum atomic E-state index is -0.862. The first-order valence-corrected chi connectivity index (χ1v) is 7.89. The second kappa shape index (κ2) is 9.02. The summed E-state index contributed by atoms with van der Waals surface area (Å²) in [4.78, 5) is 46.5. The molecule has 0 saturated heterocycles. The van der Waals surface area contributed by atoms with E-state index in [1.807, 2.05) is 5.32 Å². The number of rotatable bonds is 6. The van der Waals surface area contributed by atoms with Crippen LogP contribution < -0.4 is 10.6 Å². The highest BCUT2D eigenvalue weighted by atomic mass is 35.5. The molecule has 1 heterocycles. The topological polar surface area (TPSA) is 115 Å². The largest absolute Gasteiger partial charge is 0.459 e. The lowest BCUT2D eigenvalue weighted by Crippen LogP contribution is -2.36. The lowest BCUT2D eigenvalue weighted by Gasteiger charge is -2.07. The summed E-state index contributed by atoms with van der Waals surface area (Å²) in [6.45, 7) is -1.16. The van der Waals surface area contributed by atoms with Crippen molar-refractivity contribution >= 4 is 46.9 Å². The van der Waals surface area contributed by atoms with Crippen molar-refractivity contribution < 1.29 is 28.3 Å². The van der Waals surface area contributed by atoms with Gasteiger partial charge < -0.3 is 14.5 Å². The van der Waals surface area contributed by atoms with Gasteiger partial charge in [-0.3, -0.25) is 24.5 Å². The Kier molecular flexibility index (Phi) is 6.76. The molecule has 3 amide bonds. The van der Waals surface area contributed by atoms with Crippen LogP contribution in [0.5, 0.6) is 0 Å². The predicted molar refractivity (Wildman–Crippen MR) is 90.9 cm³/mol. The monoisotopic (exact) mass is 398 g/mol. The molecule has 0 radical (unpaired) electrons.